The molecule has 0 atom stereocenters. The van der Waals surface area contributed by atoms with Crippen molar-refractivity contribution < 1.29 is 4.79 Å². The van der Waals surface area contributed by atoms with Crippen molar-refractivity contribution >= 4 is 56.9 Å². The lowest BCUT2D eigenvalue weighted by atomic mass is 10.1. The summed E-state index contributed by atoms with van der Waals surface area (Å²) in [7, 11) is 0. The fourth-order valence-corrected chi connectivity index (χ4v) is 4.23. The smallest absolute Gasteiger partial charge is 0.230 e. The summed E-state index contributed by atoms with van der Waals surface area (Å²) in [5.74, 6) is -0.0933. The monoisotopic (exact) mass is 382 g/mol. The summed E-state index contributed by atoms with van der Waals surface area (Å²) < 4.78 is 1.21. The number of aromatic nitrogens is 1. The van der Waals surface area contributed by atoms with E-state index in [1.807, 2.05) is 36.6 Å². The average Bonchev–Trinajstić information content (AvgIpc) is 3.07. The lowest BCUT2D eigenvalue weighted by Crippen LogP contribution is -2.14. The number of nitrogens with one attached hydrogen (secondary N) is 1. The number of hydrogen-bond acceptors (Lipinski definition) is 4. The Kier molecular flexibility index (Phi) is 5.02. The van der Waals surface area contributed by atoms with E-state index in [1.54, 1.807) is 6.07 Å². The number of hydrogen-bond donors (Lipinski definition) is 1. The summed E-state index contributed by atoms with van der Waals surface area (Å²) in [5, 5.41) is 5.22. The number of carbonyl (C=O) groups is 1. The maximum Gasteiger partial charge on any atom is 0.230 e. The summed E-state index contributed by atoms with van der Waals surface area (Å²) in [5.41, 5.74) is 3.65. The molecule has 1 N–H and O–H groups in total. The van der Waals surface area contributed by atoms with Crippen LogP contribution >= 0.6 is 45.9 Å². The molecule has 0 aliphatic heterocycles. The highest BCUT2D eigenvalue weighted by atomic mass is 35.5. The van der Waals surface area contributed by atoms with Crippen LogP contribution in [0.5, 0.6) is 0 Å². The molecule has 0 aliphatic carbocycles. The second-order valence-electron chi connectivity index (χ2n) is 4.99. The third kappa shape index (κ3) is 4.12. The van der Waals surface area contributed by atoms with Gasteiger partial charge >= 0.3 is 0 Å². The molecule has 3 nitrogen and oxygen atoms in total. The van der Waals surface area contributed by atoms with Crippen molar-refractivity contribution in [1.82, 2.24) is 4.98 Å². The average molecular weight is 383 g/mol. The highest BCUT2D eigenvalue weighted by Gasteiger charge is 2.13. The van der Waals surface area contributed by atoms with Gasteiger partial charge in [0.25, 0.3) is 0 Å². The molecule has 2 aromatic heterocycles. The molecule has 0 saturated heterocycles. The number of amides is 1. The van der Waals surface area contributed by atoms with Crippen molar-refractivity contribution in [3.8, 4) is 11.3 Å². The highest BCUT2D eigenvalue weighted by Crippen LogP contribution is 2.38. The van der Waals surface area contributed by atoms with Crippen LogP contribution in [0.25, 0.3) is 11.3 Å². The lowest BCUT2D eigenvalue weighted by molar-refractivity contribution is -0.115. The van der Waals surface area contributed by atoms with Crippen molar-refractivity contribution in [2.24, 2.45) is 0 Å². The van der Waals surface area contributed by atoms with Crippen LogP contribution in [0.2, 0.25) is 8.67 Å². The maximum absolute atomic E-state index is 12.1. The second kappa shape index (κ2) is 7.01. The van der Waals surface area contributed by atoms with Crippen molar-refractivity contribution in [3.63, 3.8) is 0 Å². The number of aryl methyl sites for hydroxylation is 1. The van der Waals surface area contributed by atoms with Gasteiger partial charge in [-0.15, -0.1) is 22.7 Å². The number of carbonyl (C=O) groups excluding carboxylic acids is 1. The molecule has 3 aromatic rings. The fourth-order valence-electron chi connectivity index (χ4n) is 2.02. The number of thiophene rings is 1. The zero-order valence-electron chi connectivity index (χ0n) is 12.1. The maximum atomic E-state index is 12.1. The molecule has 7 heteroatoms. The molecule has 2 heterocycles. The Balaban J connectivity index is 1.68. The van der Waals surface area contributed by atoms with Gasteiger partial charge in [-0.3, -0.25) is 4.79 Å². The molecule has 0 radical (unpaired) electrons. The van der Waals surface area contributed by atoms with Crippen molar-refractivity contribution in [2.75, 3.05) is 5.32 Å². The topological polar surface area (TPSA) is 42.0 Å². The van der Waals surface area contributed by atoms with Gasteiger partial charge in [0, 0.05) is 10.9 Å². The molecule has 1 amide bonds. The van der Waals surface area contributed by atoms with Crippen LogP contribution in [0.1, 0.15) is 11.1 Å². The Morgan fingerprint density at radius 1 is 1.26 bits per heavy atom. The van der Waals surface area contributed by atoms with Gasteiger partial charge in [-0.2, -0.15) is 0 Å². The third-order valence-electron chi connectivity index (χ3n) is 3.17. The van der Waals surface area contributed by atoms with Crippen LogP contribution < -0.4 is 5.32 Å². The standard InChI is InChI=1S/C16H12Cl2N2OS2/c1-9-2-4-10(5-3-9)6-14(21)20-16-19-12(8-22-16)11-7-13(17)23-15(11)18/h2-5,7-8H,6H2,1H3,(H,19,20,21). The van der Waals surface area contributed by atoms with E-state index < -0.39 is 0 Å². The summed E-state index contributed by atoms with van der Waals surface area (Å²) in [6, 6.07) is 9.67. The van der Waals surface area contributed by atoms with Gasteiger partial charge in [-0.25, -0.2) is 4.98 Å². The molecule has 0 aliphatic rings. The first-order valence-corrected chi connectivity index (χ1v) is 9.22. The van der Waals surface area contributed by atoms with Crippen LogP contribution in [0.4, 0.5) is 5.13 Å². The van der Waals surface area contributed by atoms with Crippen LogP contribution in [-0.4, -0.2) is 10.9 Å². The van der Waals surface area contributed by atoms with Crippen molar-refractivity contribution in [2.45, 2.75) is 13.3 Å². The summed E-state index contributed by atoms with van der Waals surface area (Å²) in [4.78, 5) is 16.5. The summed E-state index contributed by atoms with van der Waals surface area (Å²) >= 11 is 14.7. The van der Waals surface area contributed by atoms with E-state index in [2.05, 4.69) is 10.3 Å². The number of nitrogens with zero attached hydrogens (tertiary/aromatic N) is 1. The molecular formula is C16H12Cl2N2OS2. The Bertz CT molecular complexity index is 840. The van der Waals surface area contributed by atoms with Gasteiger partial charge in [0.1, 0.15) is 4.34 Å². The molecule has 3 rings (SSSR count). The minimum absolute atomic E-state index is 0.0933. The van der Waals surface area contributed by atoms with Gasteiger partial charge < -0.3 is 5.32 Å². The van der Waals surface area contributed by atoms with E-state index in [1.165, 1.54) is 28.2 Å². The second-order valence-corrected chi connectivity index (χ2v) is 8.13. The first kappa shape index (κ1) is 16.5. The molecule has 0 saturated carbocycles. The quantitative estimate of drug-likeness (QED) is 0.631. The van der Waals surface area contributed by atoms with Crippen LogP contribution in [0, 0.1) is 6.92 Å². The van der Waals surface area contributed by atoms with E-state index in [9.17, 15) is 4.79 Å². The molecule has 0 spiro atoms. The van der Waals surface area contributed by atoms with Gasteiger partial charge in [0.15, 0.2) is 5.13 Å². The van der Waals surface area contributed by atoms with E-state index in [-0.39, 0.29) is 5.91 Å². The van der Waals surface area contributed by atoms with Gasteiger partial charge in [-0.1, -0.05) is 53.0 Å². The minimum atomic E-state index is -0.0933. The number of benzene rings is 1. The first-order chi connectivity index (χ1) is 11.0. The zero-order chi connectivity index (χ0) is 16.4. The SMILES string of the molecule is Cc1ccc(CC(=O)Nc2nc(-c3cc(Cl)sc3Cl)cs2)cc1. The summed E-state index contributed by atoms with van der Waals surface area (Å²) in [6.07, 6.45) is 0.320. The number of rotatable bonds is 4. The first-order valence-electron chi connectivity index (χ1n) is 6.77. The molecule has 23 heavy (non-hydrogen) atoms. The summed E-state index contributed by atoms with van der Waals surface area (Å²) in [6.45, 7) is 2.02. The Morgan fingerprint density at radius 3 is 2.65 bits per heavy atom. The Hall–Kier alpha value is -1.40. The normalized spacial score (nSPS) is 10.7. The third-order valence-corrected chi connectivity index (χ3v) is 5.41. The van der Waals surface area contributed by atoms with Crippen LogP contribution in [0.15, 0.2) is 35.7 Å². The zero-order valence-corrected chi connectivity index (χ0v) is 15.2. The lowest BCUT2D eigenvalue weighted by Gasteiger charge is -2.02. The van der Waals surface area contributed by atoms with Crippen molar-refractivity contribution in [1.29, 1.82) is 0 Å². The Morgan fingerprint density at radius 2 is 2.00 bits per heavy atom. The molecule has 1 aromatic carbocycles. The predicted molar refractivity (Wildman–Crippen MR) is 99.0 cm³/mol. The predicted octanol–water partition coefficient (Wildman–Crippen LogP) is 5.67. The Labute approximate surface area is 151 Å². The van der Waals surface area contributed by atoms with Gasteiger partial charge in [0.2, 0.25) is 5.91 Å². The van der Waals surface area contributed by atoms with Crippen LogP contribution in [0.3, 0.4) is 0 Å². The number of thiazole rings is 1. The van der Waals surface area contributed by atoms with E-state index >= 15 is 0 Å². The molecular weight excluding hydrogens is 371 g/mol. The van der Waals surface area contributed by atoms with Crippen molar-refractivity contribution in [3.05, 3.63) is 55.5 Å². The fraction of sp³-hybridized carbons (Fsp3) is 0.125. The molecule has 0 bridgehead atoms. The molecule has 0 fully saturated rings. The van der Waals surface area contributed by atoms with E-state index in [4.69, 9.17) is 23.2 Å². The van der Waals surface area contributed by atoms with E-state index in [0.29, 0.717) is 25.9 Å². The van der Waals surface area contributed by atoms with Gasteiger partial charge in [-0.05, 0) is 18.6 Å². The van der Waals surface area contributed by atoms with Gasteiger partial charge in [0.05, 0.1) is 16.5 Å². The van der Waals surface area contributed by atoms with E-state index in [0.717, 1.165) is 11.1 Å². The molecule has 118 valence electrons. The number of anilines is 1. The largest absolute Gasteiger partial charge is 0.302 e. The highest BCUT2D eigenvalue weighted by molar-refractivity contribution is 7.20. The number of halogens is 2. The minimum Gasteiger partial charge on any atom is -0.302 e. The molecule has 0 unspecified atom stereocenters. The van der Waals surface area contributed by atoms with Crippen LogP contribution in [-0.2, 0) is 11.2 Å².